The second-order valence-electron chi connectivity index (χ2n) is 2.02. The predicted octanol–water partition coefficient (Wildman–Crippen LogP) is 1.10. The highest BCUT2D eigenvalue weighted by atomic mass is 19.4. The maximum atomic E-state index is 11.9. The van der Waals surface area contributed by atoms with Crippen molar-refractivity contribution in [2.24, 2.45) is 0 Å². The van der Waals surface area contributed by atoms with Gasteiger partial charge in [0.2, 0.25) is 5.69 Å². The molecular formula is C6H6F3N2+. The minimum absolute atomic E-state index is 0.000162. The Hall–Kier alpha value is -1.26. The van der Waals surface area contributed by atoms with E-state index in [-0.39, 0.29) is 5.82 Å². The number of hydrogen-bond acceptors (Lipinski definition) is 1. The summed E-state index contributed by atoms with van der Waals surface area (Å²) in [5.74, 6) is -0.000162. The summed E-state index contributed by atoms with van der Waals surface area (Å²) in [5.41, 5.74) is 4.26. The summed E-state index contributed by atoms with van der Waals surface area (Å²) in [6.45, 7) is 0. The molecular weight excluding hydrogens is 157 g/mol. The molecule has 5 heteroatoms. The first kappa shape index (κ1) is 7.84. The number of halogens is 3. The van der Waals surface area contributed by atoms with E-state index in [2.05, 4.69) is 0 Å². The van der Waals surface area contributed by atoms with Crippen molar-refractivity contribution in [1.82, 2.24) is 0 Å². The van der Waals surface area contributed by atoms with Crippen LogP contribution in [0.4, 0.5) is 19.0 Å². The van der Waals surface area contributed by atoms with Gasteiger partial charge in [0.1, 0.15) is 0 Å². The van der Waals surface area contributed by atoms with Crippen LogP contribution in [0, 0.1) is 0 Å². The van der Waals surface area contributed by atoms with Crippen LogP contribution in [-0.4, -0.2) is 0 Å². The van der Waals surface area contributed by atoms with E-state index < -0.39 is 11.9 Å². The Labute approximate surface area is 60.9 Å². The molecule has 0 aliphatic heterocycles. The van der Waals surface area contributed by atoms with Gasteiger partial charge in [0.25, 0.3) is 5.82 Å². The van der Waals surface area contributed by atoms with E-state index in [9.17, 15) is 13.2 Å². The van der Waals surface area contributed by atoms with Gasteiger partial charge in [0, 0.05) is 6.07 Å². The molecule has 0 aliphatic carbocycles. The molecule has 0 fully saturated rings. The molecule has 1 heterocycles. The van der Waals surface area contributed by atoms with Crippen molar-refractivity contribution in [3.63, 3.8) is 0 Å². The average Bonchev–Trinajstić information content (AvgIpc) is 1.86. The Kier molecular flexibility index (Phi) is 1.72. The predicted molar refractivity (Wildman–Crippen MR) is 32.4 cm³/mol. The highest BCUT2D eigenvalue weighted by Gasteiger charge is 2.34. The molecule has 60 valence electrons. The van der Waals surface area contributed by atoms with Gasteiger partial charge in [-0.1, -0.05) is 0 Å². The third-order valence-electron chi connectivity index (χ3n) is 1.12. The largest absolute Gasteiger partial charge is 0.453 e. The van der Waals surface area contributed by atoms with Crippen molar-refractivity contribution in [3.8, 4) is 0 Å². The SMILES string of the molecule is Nc1cccc(C(F)(F)F)[nH+]1. The molecule has 3 N–H and O–H groups in total. The lowest BCUT2D eigenvalue weighted by atomic mass is 10.3. The summed E-state index contributed by atoms with van der Waals surface area (Å²) in [5, 5.41) is 0. The number of pyridine rings is 1. The van der Waals surface area contributed by atoms with Gasteiger partial charge in [-0.2, -0.15) is 13.2 Å². The molecule has 0 saturated heterocycles. The van der Waals surface area contributed by atoms with Crippen LogP contribution >= 0.6 is 0 Å². The zero-order valence-electron chi connectivity index (χ0n) is 5.44. The maximum Gasteiger partial charge on any atom is 0.453 e. The minimum Gasteiger partial charge on any atom is -0.287 e. The molecule has 1 aromatic rings. The van der Waals surface area contributed by atoms with Gasteiger partial charge >= 0.3 is 6.18 Å². The van der Waals surface area contributed by atoms with Crippen LogP contribution in [-0.2, 0) is 6.18 Å². The van der Waals surface area contributed by atoms with E-state index in [1.54, 1.807) is 0 Å². The van der Waals surface area contributed by atoms with Crippen molar-refractivity contribution in [2.45, 2.75) is 6.18 Å². The molecule has 0 spiro atoms. The smallest absolute Gasteiger partial charge is 0.287 e. The zero-order valence-corrected chi connectivity index (χ0v) is 5.44. The Morgan fingerprint density at radius 2 is 1.91 bits per heavy atom. The number of rotatable bonds is 0. The summed E-state index contributed by atoms with van der Waals surface area (Å²) in [4.78, 5) is 2.00. The van der Waals surface area contributed by atoms with Crippen LogP contribution in [0.3, 0.4) is 0 Å². The van der Waals surface area contributed by atoms with Crippen LogP contribution in [0.5, 0.6) is 0 Å². The summed E-state index contributed by atoms with van der Waals surface area (Å²) >= 11 is 0. The summed E-state index contributed by atoms with van der Waals surface area (Å²) in [6, 6.07) is 3.53. The Morgan fingerprint density at radius 3 is 2.27 bits per heavy atom. The van der Waals surface area contributed by atoms with E-state index in [0.29, 0.717) is 0 Å². The molecule has 11 heavy (non-hydrogen) atoms. The molecule has 0 bridgehead atoms. The van der Waals surface area contributed by atoms with E-state index in [1.165, 1.54) is 12.1 Å². The number of alkyl halides is 3. The Morgan fingerprint density at radius 1 is 1.27 bits per heavy atom. The summed E-state index contributed by atoms with van der Waals surface area (Å²) in [6.07, 6.45) is -4.35. The Bertz CT molecular complexity index is 256. The fourth-order valence-electron chi connectivity index (χ4n) is 0.652. The third kappa shape index (κ3) is 1.83. The van der Waals surface area contributed by atoms with Gasteiger partial charge in [-0.05, 0) is 12.1 Å². The number of nitrogens with two attached hydrogens (primary N) is 1. The number of aromatic nitrogens is 1. The number of anilines is 1. The van der Waals surface area contributed by atoms with Crippen molar-refractivity contribution < 1.29 is 18.2 Å². The highest BCUT2D eigenvalue weighted by Crippen LogP contribution is 2.25. The first-order chi connectivity index (χ1) is 5.00. The molecule has 0 unspecified atom stereocenters. The van der Waals surface area contributed by atoms with Crippen molar-refractivity contribution in [3.05, 3.63) is 23.9 Å². The van der Waals surface area contributed by atoms with Gasteiger partial charge in [-0.3, -0.25) is 5.73 Å². The van der Waals surface area contributed by atoms with Crippen molar-refractivity contribution in [1.29, 1.82) is 0 Å². The molecule has 1 rings (SSSR count). The van der Waals surface area contributed by atoms with E-state index in [1.807, 2.05) is 4.98 Å². The number of nitrogens with one attached hydrogen (secondary N) is 1. The summed E-state index contributed by atoms with van der Waals surface area (Å²) < 4.78 is 35.6. The van der Waals surface area contributed by atoms with Crippen LogP contribution in [0.25, 0.3) is 0 Å². The van der Waals surface area contributed by atoms with E-state index in [0.717, 1.165) is 6.07 Å². The van der Waals surface area contributed by atoms with Crippen LogP contribution < -0.4 is 10.7 Å². The average molecular weight is 163 g/mol. The first-order valence-corrected chi connectivity index (χ1v) is 2.85. The monoisotopic (exact) mass is 163 g/mol. The standard InChI is InChI=1S/C6H5F3N2/c7-6(8,9)4-2-1-3-5(10)11-4/h1-3H,(H2,10,11)/p+1. The lowest BCUT2D eigenvalue weighted by Gasteiger charge is -2.01. The fraction of sp³-hybridized carbons (Fsp3) is 0.167. The van der Waals surface area contributed by atoms with Gasteiger partial charge in [0.15, 0.2) is 0 Å². The molecule has 0 aromatic carbocycles. The fourth-order valence-corrected chi connectivity index (χ4v) is 0.652. The van der Waals surface area contributed by atoms with E-state index in [4.69, 9.17) is 5.73 Å². The number of hydrogen-bond donors (Lipinski definition) is 1. The molecule has 0 atom stereocenters. The summed E-state index contributed by atoms with van der Waals surface area (Å²) in [7, 11) is 0. The van der Waals surface area contributed by atoms with Gasteiger partial charge in [0.05, 0.1) is 0 Å². The van der Waals surface area contributed by atoms with Gasteiger partial charge in [-0.25, -0.2) is 4.98 Å². The molecule has 0 radical (unpaired) electrons. The molecule has 0 saturated carbocycles. The van der Waals surface area contributed by atoms with Gasteiger partial charge < -0.3 is 0 Å². The maximum absolute atomic E-state index is 11.9. The molecule has 2 nitrogen and oxygen atoms in total. The zero-order chi connectivity index (χ0) is 8.48. The molecule has 1 aromatic heterocycles. The highest BCUT2D eigenvalue weighted by molar-refractivity contribution is 5.20. The topological polar surface area (TPSA) is 40.2 Å². The number of H-pyrrole nitrogens is 1. The van der Waals surface area contributed by atoms with Crippen molar-refractivity contribution >= 4 is 5.82 Å². The first-order valence-electron chi connectivity index (χ1n) is 2.85. The van der Waals surface area contributed by atoms with Gasteiger partial charge in [-0.15, -0.1) is 0 Å². The number of nitrogen functional groups attached to an aromatic ring is 1. The second-order valence-corrected chi connectivity index (χ2v) is 2.02. The number of aromatic amines is 1. The molecule has 0 amide bonds. The van der Waals surface area contributed by atoms with Crippen LogP contribution in [0.1, 0.15) is 5.69 Å². The lowest BCUT2D eigenvalue weighted by Crippen LogP contribution is -2.23. The lowest BCUT2D eigenvalue weighted by molar-refractivity contribution is -0.411. The van der Waals surface area contributed by atoms with Crippen molar-refractivity contribution in [2.75, 3.05) is 5.73 Å². The van der Waals surface area contributed by atoms with Crippen LogP contribution in [0.2, 0.25) is 0 Å². The minimum atomic E-state index is -4.35. The third-order valence-corrected chi connectivity index (χ3v) is 1.12. The van der Waals surface area contributed by atoms with Crippen LogP contribution in [0.15, 0.2) is 18.2 Å². The van der Waals surface area contributed by atoms with E-state index >= 15 is 0 Å². The second kappa shape index (κ2) is 2.41. The normalized spacial score (nSPS) is 11.5. The molecule has 0 aliphatic rings. The quantitative estimate of drug-likeness (QED) is 0.611. The Balaban J connectivity index is 3.06.